The number of H-pyrrole nitrogens is 1. The quantitative estimate of drug-likeness (QED) is 0.703. The normalized spacial score (nSPS) is 11.0. The van der Waals surface area contributed by atoms with Crippen LogP contribution in [0, 0.1) is 0 Å². The number of para-hydroxylation sites is 1. The Hall–Kier alpha value is -2.63. The van der Waals surface area contributed by atoms with Gasteiger partial charge in [-0.1, -0.05) is 6.07 Å². The van der Waals surface area contributed by atoms with Gasteiger partial charge in [0.05, 0.1) is 35.7 Å². The number of imidazole rings is 1. The van der Waals surface area contributed by atoms with E-state index >= 15 is 0 Å². The lowest BCUT2D eigenvalue weighted by molar-refractivity contribution is 0.0528. The van der Waals surface area contributed by atoms with Crippen LogP contribution in [0.15, 0.2) is 35.5 Å². The summed E-state index contributed by atoms with van der Waals surface area (Å²) < 4.78 is 6.63. The van der Waals surface area contributed by atoms with E-state index in [0.29, 0.717) is 22.1 Å². The second kappa shape index (κ2) is 4.24. The minimum absolute atomic E-state index is 0.284. The van der Waals surface area contributed by atoms with Crippen molar-refractivity contribution in [2.24, 2.45) is 0 Å². The molecule has 0 saturated heterocycles. The second-order valence-corrected chi connectivity index (χ2v) is 4.02. The Morgan fingerprint density at radius 3 is 3.05 bits per heavy atom. The largest absolute Gasteiger partial charge is 0.462 e. The number of nitrogens with one attached hydrogen (secondary N) is 1. The van der Waals surface area contributed by atoms with Crippen molar-refractivity contribution in [2.45, 2.75) is 6.92 Å². The highest BCUT2D eigenvalue weighted by molar-refractivity contribution is 6.02. The fourth-order valence-corrected chi connectivity index (χ4v) is 2.08. The van der Waals surface area contributed by atoms with E-state index in [1.807, 2.05) is 6.07 Å². The molecule has 6 heteroatoms. The SMILES string of the molecule is CCOC(=O)c1cccc2c1[nH]c(=O)c1cncn12. The third-order valence-electron chi connectivity index (χ3n) is 2.91. The van der Waals surface area contributed by atoms with Crippen molar-refractivity contribution in [1.29, 1.82) is 0 Å². The molecule has 1 aromatic carbocycles. The Balaban J connectivity index is 2.40. The maximum atomic E-state index is 11.9. The minimum atomic E-state index is -0.455. The molecule has 19 heavy (non-hydrogen) atoms. The fourth-order valence-electron chi connectivity index (χ4n) is 2.08. The van der Waals surface area contributed by atoms with E-state index in [9.17, 15) is 9.59 Å². The molecule has 0 atom stereocenters. The van der Waals surface area contributed by atoms with Crippen LogP contribution < -0.4 is 5.56 Å². The smallest absolute Gasteiger partial charge is 0.340 e. The van der Waals surface area contributed by atoms with Gasteiger partial charge in [0.2, 0.25) is 0 Å². The van der Waals surface area contributed by atoms with Gasteiger partial charge in [-0.05, 0) is 19.1 Å². The molecule has 0 aliphatic carbocycles. The van der Waals surface area contributed by atoms with Gasteiger partial charge in [0.25, 0.3) is 5.56 Å². The van der Waals surface area contributed by atoms with Crippen LogP contribution in [0.5, 0.6) is 0 Å². The number of esters is 1. The number of nitrogens with zero attached hydrogens (tertiary/aromatic N) is 2. The summed E-state index contributed by atoms with van der Waals surface area (Å²) in [7, 11) is 0. The third-order valence-corrected chi connectivity index (χ3v) is 2.91. The van der Waals surface area contributed by atoms with Crippen molar-refractivity contribution >= 4 is 22.5 Å². The maximum absolute atomic E-state index is 11.9. The van der Waals surface area contributed by atoms with Gasteiger partial charge in [-0.3, -0.25) is 9.20 Å². The van der Waals surface area contributed by atoms with Gasteiger partial charge in [-0.25, -0.2) is 9.78 Å². The monoisotopic (exact) mass is 257 g/mol. The van der Waals surface area contributed by atoms with E-state index < -0.39 is 5.97 Å². The highest BCUT2D eigenvalue weighted by Crippen LogP contribution is 2.17. The third kappa shape index (κ3) is 1.69. The van der Waals surface area contributed by atoms with E-state index in [1.54, 1.807) is 29.8 Å². The van der Waals surface area contributed by atoms with Crippen molar-refractivity contribution < 1.29 is 9.53 Å². The topological polar surface area (TPSA) is 76.5 Å². The molecule has 1 N–H and O–H groups in total. The number of carbonyl (C=O) groups is 1. The number of rotatable bonds is 2. The van der Waals surface area contributed by atoms with E-state index in [4.69, 9.17) is 4.74 Å². The first-order valence-electron chi connectivity index (χ1n) is 5.86. The standard InChI is InChI=1S/C13H11N3O3/c1-2-19-13(18)8-4-3-5-9-11(8)15-12(17)10-6-14-7-16(9)10/h3-7H,2H2,1H3,(H,15,17). The zero-order chi connectivity index (χ0) is 13.4. The molecule has 6 nitrogen and oxygen atoms in total. The van der Waals surface area contributed by atoms with Gasteiger partial charge >= 0.3 is 5.97 Å². The summed E-state index contributed by atoms with van der Waals surface area (Å²) >= 11 is 0. The number of ether oxygens (including phenoxy) is 1. The second-order valence-electron chi connectivity index (χ2n) is 4.02. The Bertz CT molecular complexity index is 832. The molecule has 0 amide bonds. The van der Waals surface area contributed by atoms with Crippen LogP contribution in [0.1, 0.15) is 17.3 Å². The predicted octanol–water partition coefficient (Wildman–Crippen LogP) is 1.35. The summed E-state index contributed by atoms with van der Waals surface area (Å²) in [5.41, 5.74) is 1.65. The van der Waals surface area contributed by atoms with E-state index in [2.05, 4.69) is 9.97 Å². The van der Waals surface area contributed by atoms with E-state index in [-0.39, 0.29) is 12.2 Å². The van der Waals surface area contributed by atoms with Gasteiger partial charge < -0.3 is 9.72 Å². The number of carbonyl (C=O) groups excluding carboxylic acids is 1. The van der Waals surface area contributed by atoms with Crippen LogP contribution in [0.4, 0.5) is 0 Å². The zero-order valence-electron chi connectivity index (χ0n) is 10.2. The number of hydrogen-bond acceptors (Lipinski definition) is 4. The van der Waals surface area contributed by atoms with Crippen LogP contribution in [0.25, 0.3) is 16.6 Å². The number of benzene rings is 1. The number of fused-ring (bicyclic) bond motifs is 3. The van der Waals surface area contributed by atoms with Crippen LogP contribution in [0.2, 0.25) is 0 Å². The van der Waals surface area contributed by atoms with E-state index in [1.165, 1.54) is 6.20 Å². The number of hydrogen-bond donors (Lipinski definition) is 1. The highest BCUT2D eigenvalue weighted by Gasteiger charge is 2.14. The molecule has 96 valence electrons. The first kappa shape index (κ1) is 11.5. The zero-order valence-corrected chi connectivity index (χ0v) is 10.2. The fraction of sp³-hybridized carbons (Fsp3) is 0.154. The summed E-state index contributed by atoms with van der Waals surface area (Å²) in [5, 5.41) is 0. The first-order chi connectivity index (χ1) is 9.22. The van der Waals surface area contributed by atoms with Gasteiger partial charge in [-0.2, -0.15) is 0 Å². The molecule has 3 aromatic rings. The minimum Gasteiger partial charge on any atom is -0.462 e. The van der Waals surface area contributed by atoms with Crippen molar-refractivity contribution in [1.82, 2.24) is 14.4 Å². The van der Waals surface area contributed by atoms with Crippen molar-refractivity contribution in [3.63, 3.8) is 0 Å². The molecule has 0 radical (unpaired) electrons. The average molecular weight is 257 g/mol. The van der Waals surface area contributed by atoms with Crippen LogP contribution in [-0.4, -0.2) is 26.9 Å². The molecular weight excluding hydrogens is 246 g/mol. The molecule has 3 rings (SSSR count). The van der Waals surface area contributed by atoms with Gasteiger partial charge in [0.1, 0.15) is 5.52 Å². The number of aromatic amines is 1. The van der Waals surface area contributed by atoms with E-state index in [0.717, 1.165) is 0 Å². The Kier molecular flexibility index (Phi) is 2.56. The molecule has 0 saturated carbocycles. The molecule has 0 fully saturated rings. The molecule has 0 unspecified atom stereocenters. The lowest BCUT2D eigenvalue weighted by Gasteiger charge is -2.07. The summed E-state index contributed by atoms with van der Waals surface area (Å²) in [6.45, 7) is 2.02. The molecule has 0 spiro atoms. The van der Waals surface area contributed by atoms with Crippen molar-refractivity contribution in [2.75, 3.05) is 6.61 Å². The van der Waals surface area contributed by atoms with Crippen molar-refractivity contribution in [3.05, 3.63) is 46.6 Å². The van der Waals surface area contributed by atoms with Gasteiger partial charge in [0.15, 0.2) is 0 Å². The summed E-state index contributed by atoms with van der Waals surface area (Å²) in [6, 6.07) is 5.17. The Labute approximate surface area is 107 Å². The average Bonchev–Trinajstić information content (AvgIpc) is 2.88. The predicted molar refractivity (Wildman–Crippen MR) is 69.3 cm³/mol. The molecule has 2 heterocycles. The Morgan fingerprint density at radius 1 is 1.42 bits per heavy atom. The molecular formula is C13H11N3O3. The highest BCUT2D eigenvalue weighted by atomic mass is 16.5. The van der Waals surface area contributed by atoms with Gasteiger partial charge in [-0.15, -0.1) is 0 Å². The van der Waals surface area contributed by atoms with Crippen LogP contribution in [0.3, 0.4) is 0 Å². The lowest BCUT2D eigenvalue weighted by Crippen LogP contribution is -2.13. The molecule has 0 aliphatic heterocycles. The van der Waals surface area contributed by atoms with Gasteiger partial charge in [0, 0.05) is 0 Å². The van der Waals surface area contributed by atoms with Crippen LogP contribution >= 0.6 is 0 Å². The molecule has 0 aliphatic rings. The number of aromatic nitrogens is 3. The molecule has 2 aromatic heterocycles. The van der Waals surface area contributed by atoms with Crippen molar-refractivity contribution in [3.8, 4) is 0 Å². The molecule has 0 bridgehead atoms. The van der Waals surface area contributed by atoms with Crippen LogP contribution in [-0.2, 0) is 4.74 Å². The summed E-state index contributed by atoms with van der Waals surface area (Å²) in [6.07, 6.45) is 3.02. The summed E-state index contributed by atoms with van der Waals surface area (Å²) in [4.78, 5) is 30.5. The Morgan fingerprint density at radius 2 is 2.26 bits per heavy atom. The summed E-state index contributed by atoms with van der Waals surface area (Å²) in [5.74, 6) is -0.455. The maximum Gasteiger partial charge on any atom is 0.340 e. The lowest BCUT2D eigenvalue weighted by atomic mass is 10.1. The first-order valence-corrected chi connectivity index (χ1v) is 5.86.